The van der Waals surface area contributed by atoms with Gasteiger partial charge in [-0.1, -0.05) is 26.2 Å². The van der Waals surface area contributed by atoms with Gasteiger partial charge in [-0.15, -0.1) is 0 Å². The highest BCUT2D eigenvalue weighted by Crippen LogP contribution is 2.39. The third kappa shape index (κ3) is 2.27. The predicted octanol–water partition coefficient (Wildman–Crippen LogP) is 1.79. The van der Waals surface area contributed by atoms with Gasteiger partial charge >= 0.3 is 0 Å². The van der Waals surface area contributed by atoms with E-state index in [1.54, 1.807) is 0 Å². The van der Waals surface area contributed by atoms with E-state index in [-0.39, 0.29) is 11.6 Å². The molecule has 2 fully saturated rings. The molecule has 0 aromatic heterocycles. The second-order valence-electron chi connectivity index (χ2n) is 5.21. The molecule has 94 valence electrons. The maximum atomic E-state index is 10.5. The molecule has 0 amide bonds. The van der Waals surface area contributed by atoms with E-state index < -0.39 is 0 Å². The summed E-state index contributed by atoms with van der Waals surface area (Å²) < 4.78 is 5.42. The van der Waals surface area contributed by atoms with Crippen LogP contribution in [0.25, 0.3) is 0 Å². The van der Waals surface area contributed by atoms with Crippen LogP contribution in [0.2, 0.25) is 0 Å². The van der Waals surface area contributed by atoms with Crippen molar-refractivity contribution in [1.82, 2.24) is 4.90 Å². The number of hydrogen-bond acceptors (Lipinski definition) is 3. The maximum absolute atomic E-state index is 10.5. The molecule has 1 aliphatic heterocycles. The molecule has 1 saturated carbocycles. The quantitative estimate of drug-likeness (QED) is 0.795. The third-order valence-corrected chi connectivity index (χ3v) is 4.29. The van der Waals surface area contributed by atoms with Crippen molar-refractivity contribution in [3.8, 4) is 0 Å². The highest BCUT2D eigenvalue weighted by molar-refractivity contribution is 5.00. The number of aliphatic hydroxyl groups excluding tert-OH is 1. The summed E-state index contributed by atoms with van der Waals surface area (Å²) in [5.41, 5.74) is 0.0831. The summed E-state index contributed by atoms with van der Waals surface area (Å²) in [6.45, 7) is 5.83. The van der Waals surface area contributed by atoms with Crippen molar-refractivity contribution in [2.75, 3.05) is 26.3 Å². The zero-order valence-electron chi connectivity index (χ0n) is 10.5. The van der Waals surface area contributed by atoms with Crippen molar-refractivity contribution < 1.29 is 9.84 Å². The first-order valence-corrected chi connectivity index (χ1v) is 6.80. The molecular formula is C13H25NO2. The molecule has 0 spiro atoms. The van der Waals surface area contributed by atoms with Crippen LogP contribution in [0.4, 0.5) is 0 Å². The van der Waals surface area contributed by atoms with Crippen LogP contribution in [0.5, 0.6) is 0 Å². The average molecular weight is 227 g/mol. The molecule has 0 aromatic rings. The van der Waals surface area contributed by atoms with Crippen LogP contribution in [-0.4, -0.2) is 48.0 Å². The average Bonchev–Trinajstić information content (AvgIpc) is 2.81. The van der Waals surface area contributed by atoms with E-state index in [4.69, 9.17) is 4.74 Å². The van der Waals surface area contributed by atoms with Crippen molar-refractivity contribution in [1.29, 1.82) is 0 Å². The summed E-state index contributed by atoms with van der Waals surface area (Å²) >= 11 is 0. The largest absolute Gasteiger partial charge is 0.391 e. The lowest BCUT2D eigenvalue weighted by atomic mass is 9.85. The smallest absolute Gasteiger partial charge is 0.0723 e. The van der Waals surface area contributed by atoms with Crippen LogP contribution in [0.1, 0.15) is 45.4 Å². The van der Waals surface area contributed by atoms with Gasteiger partial charge in [0.1, 0.15) is 0 Å². The van der Waals surface area contributed by atoms with Crippen LogP contribution in [-0.2, 0) is 4.74 Å². The summed E-state index contributed by atoms with van der Waals surface area (Å²) in [5.74, 6) is 0. The van der Waals surface area contributed by atoms with Gasteiger partial charge in [-0.2, -0.15) is 0 Å². The van der Waals surface area contributed by atoms with Gasteiger partial charge in [-0.05, 0) is 19.3 Å². The SMILES string of the molecule is CCCC(O)C1(N2CCOCC2)CCCC1. The summed E-state index contributed by atoms with van der Waals surface area (Å²) in [5, 5.41) is 10.5. The molecule has 2 aliphatic rings. The van der Waals surface area contributed by atoms with Crippen molar-refractivity contribution in [3.05, 3.63) is 0 Å². The third-order valence-electron chi connectivity index (χ3n) is 4.29. The van der Waals surface area contributed by atoms with Crippen LogP contribution in [0.3, 0.4) is 0 Å². The molecule has 1 unspecified atom stereocenters. The van der Waals surface area contributed by atoms with Crippen molar-refractivity contribution in [2.45, 2.75) is 57.1 Å². The Balaban J connectivity index is 2.07. The number of morpholine rings is 1. The Kier molecular flexibility index (Phi) is 4.22. The minimum atomic E-state index is -0.141. The maximum Gasteiger partial charge on any atom is 0.0723 e. The normalized spacial score (nSPS) is 28.1. The van der Waals surface area contributed by atoms with Crippen molar-refractivity contribution in [2.24, 2.45) is 0 Å². The first-order chi connectivity index (χ1) is 7.79. The molecule has 1 atom stereocenters. The molecule has 0 radical (unpaired) electrons. The molecule has 1 saturated heterocycles. The Morgan fingerprint density at radius 2 is 1.88 bits per heavy atom. The van der Waals surface area contributed by atoms with Gasteiger partial charge in [0, 0.05) is 18.6 Å². The number of rotatable bonds is 4. The fourth-order valence-electron chi connectivity index (χ4n) is 3.40. The van der Waals surface area contributed by atoms with E-state index in [0.717, 1.165) is 39.1 Å². The minimum Gasteiger partial charge on any atom is -0.391 e. The monoisotopic (exact) mass is 227 g/mol. The zero-order valence-corrected chi connectivity index (χ0v) is 10.5. The molecule has 0 bridgehead atoms. The summed E-state index contributed by atoms with van der Waals surface area (Å²) in [6, 6.07) is 0. The highest BCUT2D eigenvalue weighted by atomic mass is 16.5. The fourth-order valence-corrected chi connectivity index (χ4v) is 3.40. The Morgan fingerprint density at radius 1 is 1.25 bits per heavy atom. The van der Waals surface area contributed by atoms with Gasteiger partial charge in [0.15, 0.2) is 0 Å². The van der Waals surface area contributed by atoms with E-state index in [1.807, 2.05) is 0 Å². The topological polar surface area (TPSA) is 32.7 Å². The van der Waals surface area contributed by atoms with E-state index in [0.29, 0.717) is 0 Å². The van der Waals surface area contributed by atoms with Crippen LogP contribution in [0.15, 0.2) is 0 Å². The Morgan fingerprint density at radius 3 is 2.44 bits per heavy atom. The molecule has 1 aliphatic carbocycles. The molecular weight excluding hydrogens is 202 g/mol. The second-order valence-corrected chi connectivity index (χ2v) is 5.21. The minimum absolute atomic E-state index is 0.0831. The van der Waals surface area contributed by atoms with Crippen LogP contribution < -0.4 is 0 Å². The molecule has 2 rings (SSSR count). The van der Waals surface area contributed by atoms with E-state index >= 15 is 0 Å². The first kappa shape index (κ1) is 12.3. The Hall–Kier alpha value is -0.120. The number of aliphatic hydroxyl groups is 1. The summed E-state index contributed by atoms with van der Waals surface area (Å²) in [4.78, 5) is 2.50. The lowest BCUT2D eigenvalue weighted by Gasteiger charge is -2.46. The van der Waals surface area contributed by atoms with Crippen LogP contribution >= 0.6 is 0 Å². The highest BCUT2D eigenvalue weighted by Gasteiger charge is 2.45. The van der Waals surface area contributed by atoms with Gasteiger partial charge in [-0.25, -0.2) is 0 Å². The summed E-state index contributed by atoms with van der Waals surface area (Å²) in [6.07, 6.45) is 6.78. The van der Waals surface area contributed by atoms with Crippen LogP contribution in [0, 0.1) is 0 Å². The first-order valence-electron chi connectivity index (χ1n) is 6.80. The lowest BCUT2D eigenvalue weighted by molar-refractivity contribution is -0.0780. The molecule has 3 nitrogen and oxygen atoms in total. The summed E-state index contributed by atoms with van der Waals surface area (Å²) in [7, 11) is 0. The molecule has 1 heterocycles. The standard InChI is InChI=1S/C13H25NO2/c1-2-5-12(15)13(6-3-4-7-13)14-8-10-16-11-9-14/h12,15H,2-11H2,1H3. The van der Waals surface area contributed by atoms with E-state index in [1.165, 1.54) is 25.7 Å². The van der Waals surface area contributed by atoms with Gasteiger partial charge in [0.25, 0.3) is 0 Å². The van der Waals surface area contributed by atoms with Gasteiger partial charge in [0.05, 0.1) is 19.3 Å². The molecule has 16 heavy (non-hydrogen) atoms. The molecule has 3 heteroatoms. The van der Waals surface area contributed by atoms with Gasteiger partial charge < -0.3 is 9.84 Å². The number of ether oxygens (including phenoxy) is 1. The molecule has 0 aromatic carbocycles. The number of nitrogens with zero attached hydrogens (tertiary/aromatic N) is 1. The number of hydrogen-bond donors (Lipinski definition) is 1. The second kappa shape index (κ2) is 5.48. The van der Waals surface area contributed by atoms with E-state index in [9.17, 15) is 5.11 Å². The van der Waals surface area contributed by atoms with Gasteiger partial charge in [-0.3, -0.25) is 4.90 Å². The van der Waals surface area contributed by atoms with Crippen molar-refractivity contribution >= 4 is 0 Å². The van der Waals surface area contributed by atoms with Crippen molar-refractivity contribution in [3.63, 3.8) is 0 Å². The zero-order chi connectivity index (χ0) is 11.4. The fraction of sp³-hybridized carbons (Fsp3) is 1.00. The van der Waals surface area contributed by atoms with Gasteiger partial charge in [0.2, 0.25) is 0 Å². The predicted molar refractivity (Wildman–Crippen MR) is 64.5 cm³/mol. The van der Waals surface area contributed by atoms with E-state index in [2.05, 4.69) is 11.8 Å². The Labute approximate surface area is 98.8 Å². The lowest BCUT2D eigenvalue weighted by Crippen LogP contribution is -2.58. The Bertz CT molecular complexity index is 208. The molecule has 1 N–H and O–H groups in total.